The lowest BCUT2D eigenvalue weighted by Crippen LogP contribution is -2.12. The Balaban J connectivity index is 2.21. The SMILES string of the molecule is CCNCc1ccncc1Oc1ccccc1C. The zero-order chi connectivity index (χ0) is 12.8. The van der Waals surface area contributed by atoms with Gasteiger partial charge in [-0.25, -0.2) is 0 Å². The van der Waals surface area contributed by atoms with Crippen LogP contribution in [0.4, 0.5) is 0 Å². The number of rotatable bonds is 5. The van der Waals surface area contributed by atoms with E-state index in [1.165, 1.54) is 0 Å². The van der Waals surface area contributed by atoms with E-state index in [1.54, 1.807) is 12.4 Å². The molecule has 3 nitrogen and oxygen atoms in total. The molecule has 1 N–H and O–H groups in total. The molecule has 18 heavy (non-hydrogen) atoms. The average molecular weight is 242 g/mol. The summed E-state index contributed by atoms with van der Waals surface area (Å²) in [5.41, 5.74) is 2.24. The molecule has 0 fully saturated rings. The standard InChI is InChI=1S/C15H18N2O/c1-3-16-10-13-8-9-17-11-15(13)18-14-7-5-4-6-12(14)2/h4-9,11,16H,3,10H2,1-2H3. The second kappa shape index (κ2) is 6.17. The molecule has 2 rings (SSSR count). The van der Waals surface area contributed by atoms with Crippen LogP contribution in [0, 0.1) is 6.92 Å². The highest BCUT2D eigenvalue weighted by Crippen LogP contribution is 2.26. The molecule has 0 aliphatic heterocycles. The number of ether oxygens (including phenoxy) is 1. The Morgan fingerprint density at radius 2 is 2.00 bits per heavy atom. The molecule has 3 heteroatoms. The molecule has 0 saturated heterocycles. The van der Waals surface area contributed by atoms with E-state index in [2.05, 4.69) is 17.2 Å². The highest BCUT2D eigenvalue weighted by Gasteiger charge is 2.05. The van der Waals surface area contributed by atoms with Gasteiger partial charge in [-0.1, -0.05) is 25.1 Å². The van der Waals surface area contributed by atoms with Crippen LogP contribution in [0.2, 0.25) is 0 Å². The summed E-state index contributed by atoms with van der Waals surface area (Å²) in [5, 5.41) is 3.30. The first-order valence-corrected chi connectivity index (χ1v) is 6.18. The number of aromatic nitrogens is 1. The van der Waals surface area contributed by atoms with Crippen LogP contribution in [0.5, 0.6) is 11.5 Å². The number of hydrogen-bond acceptors (Lipinski definition) is 3. The van der Waals surface area contributed by atoms with Crippen LogP contribution >= 0.6 is 0 Å². The maximum absolute atomic E-state index is 5.93. The fourth-order valence-electron chi connectivity index (χ4n) is 1.70. The largest absolute Gasteiger partial charge is 0.455 e. The van der Waals surface area contributed by atoms with Crippen LogP contribution in [-0.4, -0.2) is 11.5 Å². The van der Waals surface area contributed by atoms with Gasteiger partial charge in [-0.15, -0.1) is 0 Å². The molecule has 0 aliphatic carbocycles. The van der Waals surface area contributed by atoms with E-state index >= 15 is 0 Å². The molecule has 1 aromatic heterocycles. The first-order valence-electron chi connectivity index (χ1n) is 6.18. The monoisotopic (exact) mass is 242 g/mol. The molecule has 1 heterocycles. The summed E-state index contributed by atoms with van der Waals surface area (Å²) in [7, 11) is 0. The van der Waals surface area contributed by atoms with E-state index in [1.807, 2.05) is 37.3 Å². The summed E-state index contributed by atoms with van der Waals surface area (Å²) in [6.45, 7) is 5.85. The molecular formula is C15H18N2O. The Hall–Kier alpha value is -1.87. The van der Waals surface area contributed by atoms with Crippen molar-refractivity contribution in [2.75, 3.05) is 6.54 Å². The fourth-order valence-corrected chi connectivity index (χ4v) is 1.70. The van der Waals surface area contributed by atoms with Crippen LogP contribution in [0.25, 0.3) is 0 Å². The third-order valence-electron chi connectivity index (χ3n) is 2.75. The number of benzene rings is 1. The van der Waals surface area contributed by atoms with Crippen molar-refractivity contribution in [3.8, 4) is 11.5 Å². The van der Waals surface area contributed by atoms with Crippen molar-refractivity contribution in [2.45, 2.75) is 20.4 Å². The minimum Gasteiger partial charge on any atom is -0.455 e. The van der Waals surface area contributed by atoms with Crippen molar-refractivity contribution in [3.05, 3.63) is 53.9 Å². The molecule has 0 amide bonds. The quantitative estimate of drug-likeness (QED) is 0.873. The number of nitrogens with one attached hydrogen (secondary N) is 1. The molecule has 1 aromatic carbocycles. The molecule has 2 aromatic rings. The van der Waals surface area contributed by atoms with E-state index in [0.29, 0.717) is 0 Å². The van der Waals surface area contributed by atoms with Gasteiger partial charge in [-0.2, -0.15) is 0 Å². The molecule has 0 unspecified atom stereocenters. The number of para-hydroxylation sites is 1. The Bertz CT molecular complexity index is 511. The predicted molar refractivity (Wildman–Crippen MR) is 72.9 cm³/mol. The van der Waals surface area contributed by atoms with Crippen molar-refractivity contribution >= 4 is 0 Å². The van der Waals surface area contributed by atoms with Crippen molar-refractivity contribution in [1.29, 1.82) is 0 Å². The smallest absolute Gasteiger partial charge is 0.150 e. The molecule has 0 aliphatic rings. The van der Waals surface area contributed by atoms with Gasteiger partial charge in [0.25, 0.3) is 0 Å². The van der Waals surface area contributed by atoms with Crippen LogP contribution < -0.4 is 10.1 Å². The van der Waals surface area contributed by atoms with Gasteiger partial charge in [0.1, 0.15) is 11.5 Å². The van der Waals surface area contributed by atoms with Crippen LogP contribution in [0.15, 0.2) is 42.7 Å². The minimum absolute atomic E-state index is 0.792. The zero-order valence-electron chi connectivity index (χ0n) is 10.8. The van der Waals surface area contributed by atoms with Crippen molar-refractivity contribution in [2.24, 2.45) is 0 Å². The van der Waals surface area contributed by atoms with Gasteiger partial charge >= 0.3 is 0 Å². The van der Waals surface area contributed by atoms with E-state index in [-0.39, 0.29) is 0 Å². The lowest BCUT2D eigenvalue weighted by atomic mass is 10.2. The Morgan fingerprint density at radius 3 is 2.78 bits per heavy atom. The highest BCUT2D eigenvalue weighted by molar-refractivity contribution is 5.39. The van der Waals surface area contributed by atoms with Crippen molar-refractivity contribution in [3.63, 3.8) is 0 Å². The van der Waals surface area contributed by atoms with Gasteiger partial charge in [0.2, 0.25) is 0 Å². The molecular weight excluding hydrogens is 224 g/mol. The summed E-state index contributed by atoms with van der Waals surface area (Å²) >= 11 is 0. The van der Waals surface area contributed by atoms with Gasteiger partial charge in [-0.3, -0.25) is 4.98 Å². The second-order valence-corrected chi connectivity index (χ2v) is 4.13. The van der Waals surface area contributed by atoms with Crippen LogP contribution in [-0.2, 0) is 6.54 Å². The van der Waals surface area contributed by atoms with E-state index in [4.69, 9.17) is 4.74 Å². The molecule has 0 radical (unpaired) electrons. The second-order valence-electron chi connectivity index (χ2n) is 4.13. The normalized spacial score (nSPS) is 10.3. The molecule has 0 saturated carbocycles. The third kappa shape index (κ3) is 3.08. The van der Waals surface area contributed by atoms with Gasteiger partial charge in [0.05, 0.1) is 6.20 Å². The summed E-state index contributed by atoms with van der Waals surface area (Å²) < 4.78 is 5.93. The van der Waals surface area contributed by atoms with Gasteiger partial charge < -0.3 is 10.1 Å². The zero-order valence-corrected chi connectivity index (χ0v) is 10.8. The third-order valence-corrected chi connectivity index (χ3v) is 2.75. The number of hydrogen-bond donors (Lipinski definition) is 1. The lowest BCUT2D eigenvalue weighted by Gasteiger charge is -2.12. The van der Waals surface area contributed by atoms with E-state index in [9.17, 15) is 0 Å². The average Bonchev–Trinajstić information content (AvgIpc) is 2.40. The lowest BCUT2D eigenvalue weighted by molar-refractivity contribution is 0.467. The summed E-state index contributed by atoms with van der Waals surface area (Å²) in [6, 6.07) is 9.97. The maximum atomic E-state index is 5.93. The Morgan fingerprint density at radius 1 is 1.17 bits per heavy atom. The van der Waals surface area contributed by atoms with Crippen molar-refractivity contribution < 1.29 is 4.74 Å². The maximum Gasteiger partial charge on any atom is 0.150 e. The van der Waals surface area contributed by atoms with Gasteiger partial charge in [-0.05, 0) is 31.2 Å². The first kappa shape index (κ1) is 12.6. The molecule has 0 atom stereocenters. The van der Waals surface area contributed by atoms with E-state index in [0.717, 1.165) is 35.7 Å². The number of nitrogens with zero attached hydrogens (tertiary/aromatic N) is 1. The first-order chi connectivity index (χ1) is 8.81. The van der Waals surface area contributed by atoms with Gasteiger partial charge in [0.15, 0.2) is 0 Å². The highest BCUT2D eigenvalue weighted by atomic mass is 16.5. The molecule has 94 valence electrons. The molecule has 0 bridgehead atoms. The Labute approximate surface area is 108 Å². The summed E-state index contributed by atoms with van der Waals surface area (Å²) in [5.74, 6) is 1.69. The minimum atomic E-state index is 0.792. The molecule has 0 spiro atoms. The topological polar surface area (TPSA) is 34.2 Å². The van der Waals surface area contributed by atoms with Crippen LogP contribution in [0.1, 0.15) is 18.1 Å². The van der Waals surface area contributed by atoms with Crippen LogP contribution in [0.3, 0.4) is 0 Å². The summed E-state index contributed by atoms with van der Waals surface area (Å²) in [4.78, 5) is 4.13. The van der Waals surface area contributed by atoms with E-state index < -0.39 is 0 Å². The predicted octanol–water partition coefficient (Wildman–Crippen LogP) is 3.29. The number of aryl methyl sites for hydroxylation is 1. The van der Waals surface area contributed by atoms with Crippen molar-refractivity contribution in [1.82, 2.24) is 10.3 Å². The fraction of sp³-hybridized carbons (Fsp3) is 0.267. The van der Waals surface area contributed by atoms with Gasteiger partial charge in [0, 0.05) is 18.3 Å². The number of pyridine rings is 1. The Kier molecular flexibility index (Phi) is 4.31. The summed E-state index contributed by atoms with van der Waals surface area (Å²) in [6.07, 6.45) is 3.55.